The van der Waals surface area contributed by atoms with Gasteiger partial charge in [0.2, 0.25) is 0 Å². The van der Waals surface area contributed by atoms with E-state index >= 15 is 0 Å². The van der Waals surface area contributed by atoms with E-state index in [2.05, 4.69) is 15.3 Å². The van der Waals surface area contributed by atoms with Gasteiger partial charge in [-0.05, 0) is 42.8 Å². The van der Waals surface area contributed by atoms with Crippen LogP contribution in [0.4, 0.5) is 5.82 Å². The van der Waals surface area contributed by atoms with Gasteiger partial charge in [0.15, 0.2) is 5.65 Å². The van der Waals surface area contributed by atoms with E-state index in [0.717, 1.165) is 59.7 Å². The third-order valence-electron chi connectivity index (χ3n) is 5.16. The summed E-state index contributed by atoms with van der Waals surface area (Å²) in [4.78, 5) is 8.67. The number of nitrogen functional groups attached to an aromatic ring is 1. The smallest absolute Gasteiger partial charge is 0.164 e. The number of hydrogen-bond acceptors (Lipinski definition) is 5. The number of nitrogens with two attached hydrogens (primary N) is 1. The van der Waals surface area contributed by atoms with Crippen LogP contribution in [0.15, 0.2) is 60.9 Å². The van der Waals surface area contributed by atoms with Crippen molar-refractivity contribution < 1.29 is 25.8 Å². The molecule has 1 fully saturated rings. The summed E-state index contributed by atoms with van der Waals surface area (Å²) in [6.45, 7) is 1.67. The van der Waals surface area contributed by atoms with Crippen molar-refractivity contribution in [3.8, 4) is 22.8 Å². The summed E-state index contributed by atoms with van der Waals surface area (Å²) in [5.74, 6) is 2.00. The number of para-hydroxylation sites is 1. The predicted octanol–water partition coefficient (Wildman–Crippen LogP) is 4.57. The first-order chi connectivity index (χ1) is 14.3. The number of ether oxygens (including phenoxy) is 1. The molecule has 0 spiro atoms. The molecule has 0 saturated carbocycles. The second-order valence-corrected chi connectivity index (χ2v) is 7.12. The minimum Gasteiger partial charge on any atom is -0.661 e. The van der Waals surface area contributed by atoms with Crippen LogP contribution in [0, 0.1) is 0 Å². The van der Waals surface area contributed by atoms with Gasteiger partial charge in [0.05, 0.1) is 5.39 Å². The summed E-state index contributed by atoms with van der Waals surface area (Å²) in [6.07, 6.45) is 3.59. The molecule has 2 aromatic carbocycles. The van der Waals surface area contributed by atoms with E-state index in [1.54, 1.807) is 0 Å². The number of rotatable bonds is 4. The standard InChI is InChI=1S/C22H21N6O.W/c23-21-19-20(15-8-10-18(11-9-15)29-17-6-2-1-3-7-17)27-28(22(19)26-14-25-21)16-5-4-12-24-13-16;/h1-3,6-11,14,16H,4-5,12-13H2,(H2,23,25,26);/q-1;/t16-;/m1./s1. The van der Waals surface area contributed by atoms with Crippen LogP contribution < -0.4 is 10.5 Å². The Balaban J connectivity index is 0.00000218. The number of benzene rings is 2. The molecule has 2 N–H and O–H groups in total. The number of anilines is 1. The van der Waals surface area contributed by atoms with Crippen molar-refractivity contribution in [2.75, 3.05) is 18.8 Å². The fourth-order valence-corrected chi connectivity index (χ4v) is 3.73. The molecule has 0 unspecified atom stereocenters. The van der Waals surface area contributed by atoms with Gasteiger partial charge in [-0.1, -0.05) is 24.6 Å². The first-order valence-electron chi connectivity index (χ1n) is 9.75. The molecule has 3 heterocycles. The van der Waals surface area contributed by atoms with Gasteiger partial charge in [-0.3, -0.25) is 0 Å². The molecule has 0 aliphatic carbocycles. The molecule has 8 heteroatoms. The van der Waals surface area contributed by atoms with E-state index in [-0.39, 0.29) is 27.1 Å². The summed E-state index contributed by atoms with van der Waals surface area (Å²) in [6, 6.07) is 17.8. The molecular formula is C22H21N6OW-. The molecule has 2 aromatic heterocycles. The monoisotopic (exact) mass is 569 g/mol. The van der Waals surface area contributed by atoms with Crippen LogP contribution in [0.5, 0.6) is 11.5 Å². The fraction of sp³-hybridized carbons (Fsp3) is 0.227. The molecule has 0 amide bonds. The Kier molecular flexibility index (Phi) is 6.11. The Hall–Kier alpha value is -2.76. The molecule has 1 atom stereocenters. The number of hydrogen-bond donors (Lipinski definition) is 1. The van der Waals surface area contributed by atoms with Crippen molar-refractivity contribution in [1.29, 1.82) is 0 Å². The number of fused-ring (bicyclic) bond motifs is 1. The maximum Gasteiger partial charge on any atom is 0.164 e. The van der Waals surface area contributed by atoms with Crippen molar-refractivity contribution in [3.63, 3.8) is 0 Å². The first-order valence-corrected chi connectivity index (χ1v) is 9.75. The minimum atomic E-state index is 0. The van der Waals surface area contributed by atoms with Crippen molar-refractivity contribution in [2.45, 2.75) is 18.9 Å². The molecule has 1 saturated heterocycles. The van der Waals surface area contributed by atoms with E-state index in [1.165, 1.54) is 6.33 Å². The van der Waals surface area contributed by atoms with Crippen LogP contribution in [0.1, 0.15) is 18.9 Å². The molecular weight excluding hydrogens is 548 g/mol. The van der Waals surface area contributed by atoms with Crippen molar-refractivity contribution in [1.82, 2.24) is 19.7 Å². The first kappa shape index (κ1) is 20.5. The Bertz CT molecular complexity index is 1120. The van der Waals surface area contributed by atoms with Crippen LogP contribution in [0.2, 0.25) is 0 Å². The van der Waals surface area contributed by atoms with Crippen molar-refractivity contribution in [2.24, 2.45) is 0 Å². The van der Waals surface area contributed by atoms with Gasteiger partial charge in [-0.15, -0.1) is 13.1 Å². The normalized spacial score (nSPS) is 16.2. The van der Waals surface area contributed by atoms with E-state index in [1.807, 2.05) is 59.3 Å². The van der Waals surface area contributed by atoms with Gasteiger partial charge in [0, 0.05) is 32.7 Å². The Morgan fingerprint density at radius 3 is 2.50 bits per heavy atom. The molecule has 5 rings (SSSR count). The van der Waals surface area contributed by atoms with Gasteiger partial charge in [-0.2, -0.15) is 5.10 Å². The summed E-state index contributed by atoms with van der Waals surface area (Å²) >= 11 is 0. The third kappa shape index (κ3) is 3.95. The molecule has 7 nitrogen and oxygen atoms in total. The molecule has 0 bridgehead atoms. The zero-order valence-corrected chi connectivity index (χ0v) is 19.2. The van der Waals surface area contributed by atoms with Crippen molar-refractivity contribution >= 4 is 16.9 Å². The van der Waals surface area contributed by atoms with Crippen LogP contribution >= 0.6 is 0 Å². The number of nitrogens with zero attached hydrogens (tertiary/aromatic N) is 5. The zero-order chi connectivity index (χ0) is 19.6. The van der Waals surface area contributed by atoms with Gasteiger partial charge >= 0.3 is 0 Å². The van der Waals surface area contributed by atoms with Gasteiger partial charge in [-0.25, -0.2) is 14.6 Å². The topological polar surface area (TPSA) is 92.9 Å². The maximum absolute atomic E-state index is 6.22. The molecule has 152 valence electrons. The average molecular weight is 569 g/mol. The van der Waals surface area contributed by atoms with Crippen LogP contribution in [-0.2, 0) is 21.1 Å². The summed E-state index contributed by atoms with van der Waals surface area (Å²) in [5.41, 5.74) is 8.71. The van der Waals surface area contributed by atoms with E-state index in [0.29, 0.717) is 5.82 Å². The molecule has 1 aliphatic rings. The Morgan fingerprint density at radius 2 is 1.77 bits per heavy atom. The van der Waals surface area contributed by atoms with E-state index in [9.17, 15) is 0 Å². The second kappa shape index (κ2) is 8.94. The van der Waals surface area contributed by atoms with Crippen molar-refractivity contribution in [3.05, 3.63) is 66.2 Å². The Morgan fingerprint density at radius 1 is 1.00 bits per heavy atom. The molecule has 30 heavy (non-hydrogen) atoms. The molecule has 4 aromatic rings. The summed E-state index contributed by atoms with van der Waals surface area (Å²) in [7, 11) is 0. The van der Waals surface area contributed by atoms with Gasteiger partial charge < -0.3 is 15.8 Å². The van der Waals surface area contributed by atoms with Gasteiger partial charge in [0.1, 0.15) is 29.3 Å². The quantitative estimate of drug-likeness (QED) is 0.389. The summed E-state index contributed by atoms with van der Waals surface area (Å²) < 4.78 is 7.87. The summed E-state index contributed by atoms with van der Waals surface area (Å²) in [5, 5.41) is 10.2. The van der Waals surface area contributed by atoms with Crippen LogP contribution in [-0.4, -0.2) is 32.8 Å². The zero-order valence-electron chi connectivity index (χ0n) is 16.3. The fourth-order valence-electron chi connectivity index (χ4n) is 3.73. The largest absolute Gasteiger partial charge is 0.661 e. The molecule has 1 aliphatic heterocycles. The second-order valence-electron chi connectivity index (χ2n) is 7.12. The SMILES string of the molecule is Nc1ncnc2c1c(-c1ccc(Oc3ccccc3)cc1)nn2[C@@H]1CCC[N-]C1.[W]. The predicted molar refractivity (Wildman–Crippen MR) is 113 cm³/mol. The van der Waals surface area contributed by atoms with Gasteiger partial charge in [0.25, 0.3) is 0 Å². The van der Waals surface area contributed by atoms with E-state index < -0.39 is 0 Å². The number of piperidine rings is 1. The third-order valence-corrected chi connectivity index (χ3v) is 5.16. The van der Waals surface area contributed by atoms with Crippen LogP contribution in [0.25, 0.3) is 27.6 Å². The number of aromatic nitrogens is 4. The average Bonchev–Trinajstić information content (AvgIpc) is 3.17. The van der Waals surface area contributed by atoms with E-state index in [4.69, 9.17) is 15.6 Å². The maximum atomic E-state index is 6.22. The Labute approximate surface area is 188 Å². The van der Waals surface area contributed by atoms with Crippen LogP contribution in [0.3, 0.4) is 0 Å². The molecule has 0 radical (unpaired) electrons. The minimum absolute atomic E-state index is 0.